The van der Waals surface area contributed by atoms with E-state index in [2.05, 4.69) is 5.32 Å². The second-order valence-electron chi connectivity index (χ2n) is 4.16. The molecule has 2 rings (SSSR count). The van der Waals surface area contributed by atoms with Crippen molar-refractivity contribution in [3.8, 4) is 6.07 Å². The van der Waals surface area contributed by atoms with E-state index < -0.39 is 11.7 Å². The number of nitriles is 1. The van der Waals surface area contributed by atoms with Gasteiger partial charge in [0.25, 0.3) is 5.91 Å². The van der Waals surface area contributed by atoms with Crippen LogP contribution in [0.3, 0.4) is 0 Å². The van der Waals surface area contributed by atoms with E-state index in [9.17, 15) is 9.18 Å². The monoisotopic (exact) mass is 288 g/mol. The number of nitrogens with one attached hydrogen (secondary N) is 1. The van der Waals surface area contributed by atoms with Crippen molar-refractivity contribution in [3.05, 3.63) is 63.9 Å². The Balaban J connectivity index is 2.36. The van der Waals surface area contributed by atoms with Gasteiger partial charge in [0.1, 0.15) is 17.4 Å². The molecular weight excluding hydrogens is 279 g/mol. The Morgan fingerprint density at radius 2 is 2.00 bits per heavy atom. The summed E-state index contributed by atoms with van der Waals surface area (Å²) >= 11 is 6.06. The summed E-state index contributed by atoms with van der Waals surface area (Å²) < 4.78 is 13.4. The molecule has 0 aliphatic heterocycles. The molecule has 0 spiro atoms. The van der Waals surface area contributed by atoms with Gasteiger partial charge in [0.2, 0.25) is 0 Å². The third kappa shape index (κ3) is 2.63. The highest BCUT2D eigenvalue weighted by atomic mass is 35.5. The molecule has 3 nitrogen and oxygen atoms in total. The van der Waals surface area contributed by atoms with Crippen molar-refractivity contribution in [1.82, 2.24) is 0 Å². The quantitative estimate of drug-likeness (QED) is 0.911. The Bertz CT molecular complexity index is 722. The van der Waals surface area contributed by atoms with Crippen LogP contribution in [-0.2, 0) is 0 Å². The highest BCUT2D eigenvalue weighted by molar-refractivity contribution is 6.35. The van der Waals surface area contributed by atoms with Crippen molar-refractivity contribution < 1.29 is 9.18 Å². The van der Waals surface area contributed by atoms with Crippen LogP contribution in [0.5, 0.6) is 0 Å². The Morgan fingerprint density at radius 1 is 1.30 bits per heavy atom. The highest BCUT2D eigenvalue weighted by Gasteiger charge is 2.15. The lowest BCUT2D eigenvalue weighted by molar-refractivity contribution is 0.102. The van der Waals surface area contributed by atoms with E-state index in [1.54, 1.807) is 31.2 Å². The van der Waals surface area contributed by atoms with E-state index >= 15 is 0 Å². The fraction of sp³-hybridized carbons (Fsp3) is 0.0667. The number of anilines is 1. The van der Waals surface area contributed by atoms with Gasteiger partial charge in [-0.05, 0) is 30.7 Å². The molecule has 2 aromatic carbocycles. The van der Waals surface area contributed by atoms with Crippen LogP contribution < -0.4 is 5.32 Å². The number of rotatable bonds is 2. The predicted molar refractivity (Wildman–Crippen MR) is 75.3 cm³/mol. The van der Waals surface area contributed by atoms with Crippen molar-refractivity contribution in [2.75, 3.05) is 5.32 Å². The summed E-state index contributed by atoms with van der Waals surface area (Å²) in [5, 5.41) is 11.7. The first-order valence-electron chi connectivity index (χ1n) is 5.79. The Labute approximate surface area is 120 Å². The van der Waals surface area contributed by atoms with Gasteiger partial charge in [-0.3, -0.25) is 4.79 Å². The molecule has 2 aromatic rings. The first-order valence-corrected chi connectivity index (χ1v) is 6.17. The summed E-state index contributed by atoms with van der Waals surface area (Å²) in [5.74, 6) is -1.17. The second kappa shape index (κ2) is 5.72. The van der Waals surface area contributed by atoms with Crippen molar-refractivity contribution in [1.29, 1.82) is 5.26 Å². The maximum atomic E-state index is 13.4. The fourth-order valence-corrected chi connectivity index (χ4v) is 1.97. The van der Waals surface area contributed by atoms with Crippen LogP contribution in [0.1, 0.15) is 21.5 Å². The standard InChI is InChI=1S/C15H10ClFN2O/c1-9-4-2-5-10(14(9)16)15(20)19-13-7-3-6-12(17)11(13)8-18/h2-7H,1H3,(H,19,20). The van der Waals surface area contributed by atoms with Gasteiger partial charge in [-0.25, -0.2) is 4.39 Å². The average molecular weight is 289 g/mol. The van der Waals surface area contributed by atoms with E-state index in [4.69, 9.17) is 16.9 Å². The first kappa shape index (κ1) is 14.0. The van der Waals surface area contributed by atoms with Crippen LogP contribution in [0.25, 0.3) is 0 Å². The molecule has 0 saturated carbocycles. The van der Waals surface area contributed by atoms with Crippen LogP contribution >= 0.6 is 11.6 Å². The number of carbonyl (C=O) groups is 1. The zero-order valence-corrected chi connectivity index (χ0v) is 11.3. The molecule has 100 valence electrons. The number of aryl methyl sites for hydroxylation is 1. The minimum atomic E-state index is -0.680. The largest absolute Gasteiger partial charge is 0.321 e. The molecule has 0 fully saturated rings. The molecule has 20 heavy (non-hydrogen) atoms. The van der Waals surface area contributed by atoms with Crippen molar-refractivity contribution in [2.45, 2.75) is 6.92 Å². The van der Waals surface area contributed by atoms with Gasteiger partial charge in [-0.2, -0.15) is 5.26 Å². The number of halogens is 2. The summed E-state index contributed by atoms with van der Waals surface area (Å²) in [7, 11) is 0. The zero-order chi connectivity index (χ0) is 14.7. The average Bonchev–Trinajstić information content (AvgIpc) is 2.42. The van der Waals surface area contributed by atoms with Gasteiger partial charge in [-0.15, -0.1) is 0 Å². The van der Waals surface area contributed by atoms with Crippen LogP contribution in [0.2, 0.25) is 5.02 Å². The number of amides is 1. The number of nitrogens with zero attached hydrogens (tertiary/aromatic N) is 1. The zero-order valence-electron chi connectivity index (χ0n) is 10.6. The predicted octanol–water partition coefficient (Wildman–Crippen LogP) is 3.91. The molecule has 0 aromatic heterocycles. The lowest BCUT2D eigenvalue weighted by Crippen LogP contribution is -2.14. The van der Waals surface area contributed by atoms with Gasteiger partial charge in [0, 0.05) is 0 Å². The van der Waals surface area contributed by atoms with Crippen molar-refractivity contribution >= 4 is 23.2 Å². The molecule has 0 aliphatic carbocycles. The molecule has 0 saturated heterocycles. The molecule has 1 amide bonds. The van der Waals surface area contributed by atoms with Crippen LogP contribution in [0.15, 0.2) is 36.4 Å². The third-order valence-corrected chi connectivity index (χ3v) is 3.31. The van der Waals surface area contributed by atoms with Gasteiger partial charge in [-0.1, -0.05) is 29.8 Å². The molecular formula is C15H10ClFN2O. The topological polar surface area (TPSA) is 52.9 Å². The fourth-order valence-electron chi connectivity index (χ4n) is 1.75. The van der Waals surface area contributed by atoms with Crippen molar-refractivity contribution in [2.24, 2.45) is 0 Å². The van der Waals surface area contributed by atoms with Crippen molar-refractivity contribution in [3.63, 3.8) is 0 Å². The van der Waals surface area contributed by atoms with E-state index in [0.29, 0.717) is 5.02 Å². The molecule has 0 heterocycles. The van der Waals surface area contributed by atoms with Crippen LogP contribution in [-0.4, -0.2) is 5.91 Å². The first-order chi connectivity index (χ1) is 9.54. The molecule has 0 atom stereocenters. The van der Waals surface area contributed by atoms with E-state index in [-0.39, 0.29) is 16.8 Å². The third-order valence-electron chi connectivity index (χ3n) is 2.81. The smallest absolute Gasteiger partial charge is 0.257 e. The lowest BCUT2D eigenvalue weighted by Gasteiger charge is -2.09. The van der Waals surface area contributed by atoms with Crippen LogP contribution in [0, 0.1) is 24.1 Å². The van der Waals surface area contributed by atoms with Gasteiger partial charge >= 0.3 is 0 Å². The van der Waals surface area contributed by atoms with E-state index in [1.807, 2.05) is 0 Å². The molecule has 0 bridgehead atoms. The molecule has 0 unspecified atom stereocenters. The second-order valence-corrected chi connectivity index (χ2v) is 4.54. The molecule has 0 aliphatic rings. The number of carbonyl (C=O) groups excluding carboxylic acids is 1. The molecule has 1 N–H and O–H groups in total. The number of hydrogen-bond donors (Lipinski definition) is 1. The summed E-state index contributed by atoms with van der Waals surface area (Å²) in [6, 6.07) is 10.8. The Hall–Kier alpha value is -2.38. The SMILES string of the molecule is Cc1cccc(C(=O)Nc2cccc(F)c2C#N)c1Cl. The van der Waals surface area contributed by atoms with Gasteiger partial charge in [0.15, 0.2) is 0 Å². The van der Waals surface area contributed by atoms with Gasteiger partial charge in [0.05, 0.1) is 16.3 Å². The van der Waals surface area contributed by atoms with E-state index in [1.165, 1.54) is 12.1 Å². The Morgan fingerprint density at radius 3 is 2.70 bits per heavy atom. The Kier molecular flexibility index (Phi) is 4.02. The summed E-state index contributed by atoms with van der Waals surface area (Å²) in [4.78, 5) is 12.1. The minimum Gasteiger partial charge on any atom is -0.321 e. The normalized spacial score (nSPS) is 9.90. The molecule has 5 heteroatoms. The van der Waals surface area contributed by atoms with Crippen LogP contribution in [0.4, 0.5) is 10.1 Å². The maximum absolute atomic E-state index is 13.4. The highest BCUT2D eigenvalue weighted by Crippen LogP contribution is 2.23. The number of hydrogen-bond acceptors (Lipinski definition) is 2. The lowest BCUT2D eigenvalue weighted by atomic mass is 10.1. The number of benzene rings is 2. The van der Waals surface area contributed by atoms with E-state index in [0.717, 1.165) is 11.6 Å². The minimum absolute atomic E-state index is 0.120. The molecule has 0 radical (unpaired) electrons. The summed E-state index contributed by atoms with van der Waals surface area (Å²) in [6.07, 6.45) is 0. The maximum Gasteiger partial charge on any atom is 0.257 e. The van der Waals surface area contributed by atoms with Gasteiger partial charge < -0.3 is 5.32 Å². The summed E-state index contributed by atoms with van der Waals surface area (Å²) in [5.41, 5.74) is 0.957. The summed E-state index contributed by atoms with van der Waals surface area (Å²) in [6.45, 7) is 1.78.